The molecule has 0 amide bonds. The van der Waals surface area contributed by atoms with E-state index in [4.69, 9.17) is 0 Å². The number of aromatic nitrogens is 3. The van der Waals surface area contributed by atoms with Crippen molar-refractivity contribution in [3.63, 3.8) is 0 Å². The average Bonchev–Trinajstić information content (AvgIpc) is 3.07. The van der Waals surface area contributed by atoms with E-state index in [-0.39, 0.29) is 0 Å². The first-order valence-electron chi connectivity index (χ1n) is 7.66. The van der Waals surface area contributed by atoms with E-state index in [9.17, 15) is 0 Å². The topological polar surface area (TPSA) is 43.1 Å². The van der Waals surface area contributed by atoms with Crippen molar-refractivity contribution in [1.82, 2.24) is 14.9 Å². The van der Waals surface area contributed by atoms with Gasteiger partial charge in [-0.2, -0.15) is 9.78 Å². The minimum absolute atomic E-state index is 0.780. The lowest BCUT2D eigenvalue weighted by Gasteiger charge is -2.01. The molecule has 0 unspecified atom stereocenters. The van der Waals surface area contributed by atoms with Crippen molar-refractivity contribution in [3.05, 3.63) is 83.7 Å². The summed E-state index contributed by atoms with van der Waals surface area (Å²) in [4.78, 5) is 0. The third kappa shape index (κ3) is 4.67. The molecule has 4 nitrogen and oxygen atoms in total. The van der Waals surface area contributed by atoms with Gasteiger partial charge in [-0.1, -0.05) is 78.5 Å². The SMILES string of the molecule is CC(/C=N\n1cnnc1SCc1ccccc1)=C/c1ccccc1. The molecule has 0 aliphatic rings. The first-order valence-corrected chi connectivity index (χ1v) is 8.64. The van der Waals surface area contributed by atoms with Gasteiger partial charge in [0.25, 0.3) is 0 Å². The Morgan fingerprint density at radius 2 is 1.79 bits per heavy atom. The molecule has 2 aromatic carbocycles. The summed E-state index contributed by atoms with van der Waals surface area (Å²) in [7, 11) is 0. The zero-order valence-electron chi connectivity index (χ0n) is 13.4. The van der Waals surface area contributed by atoms with E-state index in [1.165, 1.54) is 5.56 Å². The van der Waals surface area contributed by atoms with Gasteiger partial charge in [0.1, 0.15) is 6.33 Å². The number of hydrogen-bond acceptors (Lipinski definition) is 4. The molecule has 0 N–H and O–H groups in total. The zero-order valence-corrected chi connectivity index (χ0v) is 14.2. The summed E-state index contributed by atoms with van der Waals surface area (Å²) in [6.07, 6.45) is 5.53. The highest BCUT2D eigenvalue weighted by Gasteiger charge is 2.04. The molecule has 0 atom stereocenters. The number of hydrogen-bond donors (Lipinski definition) is 0. The molecule has 0 spiro atoms. The van der Waals surface area contributed by atoms with Gasteiger partial charge in [0.15, 0.2) is 0 Å². The third-order valence-electron chi connectivity index (χ3n) is 3.29. The second-order valence-corrected chi connectivity index (χ2v) is 6.22. The molecular weight excluding hydrogens is 316 g/mol. The molecule has 1 aromatic heterocycles. The van der Waals surface area contributed by atoms with E-state index in [0.717, 1.165) is 22.0 Å². The maximum Gasteiger partial charge on any atom is 0.212 e. The van der Waals surface area contributed by atoms with Gasteiger partial charge in [-0.3, -0.25) is 0 Å². The molecule has 0 aliphatic heterocycles. The van der Waals surface area contributed by atoms with Crippen molar-refractivity contribution in [3.8, 4) is 0 Å². The van der Waals surface area contributed by atoms with Crippen LogP contribution in [0.4, 0.5) is 0 Å². The highest BCUT2D eigenvalue weighted by Crippen LogP contribution is 2.20. The second kappa shape index (κ2) is 8.26. The van der Waals surface area contributed by atoms with Crippen molar-refractivity contribution >= 4 is 24.1 Å². The van der Waals surface area contributed by atoms with E-state index < -0.39 is 0 Å². The number of nitrogens with zero attached hydrogens (tertiary/aromatic N) is 4. The molecule has 120 valence electrons. The van der Waals surface area contributed by atoms with Gasteiger partial charge < -0.3 is 0 Å². The van der Waals surface area contributed by atoms with Crippen LogP contribution in [-0.2, 0) is 5.75 Å². The van der Waals surface area contributed by atoms with Crippen LogP contribution in [0.5, 0.6) is 0 Å². The largest absolute Gasteiger partial charge is 0.212 e. The highest BCUT2D eigenvalue weighted by atomic mass is 32.2. The Morgan fingerprint density at radius 3 is 2.54 bits per heavy atom. The van der Waals surface area contributed by atoms with Crippen LogP contribution in [0.2, 0.25) is 0 Å². The average molecular weight is 334 g/mol. The summed E-state index contributed by atoms with van der Waals surface area (Å²) in [5.74, 6) is 0.841. The molecule has 24 heavy (non-hydrogen) atoms. The fourth-order valence-electron chi connectivity index (χ4n) is 2.12. The lowest BCUT2D eigenvalue weighted by atomic mass is 10.1. The Hall–Kier alpha value is -2.66. The van der Waals surface area contributed by atoms with Crippen LogP contribution in [0.1, 0.15) is 18.1 Å². The molecule has 0 bridgehead atoms. The van der Waals surface area contributed by atoms with Gasteiger partial charge in [0.05, 0.1) is 6.21 Å². The lowest BCUT2D eigenvalue weighted by Crippen LogP contribution is -1.92. The second-order valence-electron chi connectivity index (χ2n) is 5.28. The number of allylic oxidation sites excluding steroid dienone is 1. The quantitative estimate of drug-likeness (QED) is 0.492. The molecule has 3 rings (SSSR count). The molecule has 0 fully saturated rings. The van der Waals surface area contributed by atoms with Crippen LogP contribution in [-0.4, -0.2) is 21.1 Å². The third-order valence-corrected chi connectivity index (χ3v) is 4.30. The smallest absolute Gasteiger partial charge is 0.195 e. The molecular formula is C19H18N4S. The van der Waals surface area contributed by atoms with Crippen molar-refractivity contribution in [1.29, 1.82) is 0 Å². The van der Waals surface area contributed by atoms with E-state index >= 15 is 0 Å². The number of benzene rings is 2. The van der Waals surface area contributed by atoms with Crippen molar-refractivity contribution in [2.75, 3.05) is 0 Å². The van der Waals surface area contributed by atoms with E-state index in [1.807, 2.05) is 49.5 Å². The molecule has 0 radical (unpaired) electrons. The first-order chi connectivity index (χ1) is 11.8. The van der Waals surface area contributed by atoms with Gasteiger partial charge in [0.2, 0.25) is 5.16 Å². The predicted octanol–water partition coefficient (Wildman–Crippen LogP) is 4.51. The summed E-state index contributed by atoms with van der Waals surface area (Å²) in [5.41, 5.74) is 3.47. The lowest BCUT2D eigenvalue weighted by molar-refractivity contribution is 0.766. The normalized spacial score (nSPS) is 12.0. The summed E-state index contributed by atoms with van der Waals surface area (Å²) < 4.78 is 1.70. The number of rotatable bonds is 6. The van der Waals surface area contributed by atoms with Gasteiger partial charge >= 0.3 is 0 Å². The Balaban J connectivity index is 1.65. The first kappa shape index (κ1) is 16.2. The Morgan fingerprint density at radius 1 is 1.08 bits per heavy atom. The fraction of sp³-hybridized carbons (Fsp3) is 0.105. The maximum atomic E-state index is 4.45. The van der Waals surface area contributed by atoms with E-state index in [2.05, 4.69) is 45.6 Å². The van der Waals surface area contributed by atoms with Crippen molar-refractivity contribution in [2.45, 2.75) is 17.8 Å². The van der Waals surface area contributed by atoms with Gasteiger partial charge in [-0.25, -0.2) is 0 Å². The van der Waals surface area contributed by atoms with Crippen LogP contribution in [0, 0.1) is 0 Å². The van der Waals surface area contributed by atoms with Gasteiger partial charge in [0, 0.05) is 5.75 Å². The van der Waals surface area contributed by atoms with Crippen LogP contribution < -0.4 is 0 Å². The van der Waals surface area contributed by atoms with Crippen LogP contribution in [0.3, 0.4) is 0 Å². The summed E-state index contributed by atoms with van der Waals surface area (Å²) in [6.45, 7) is 2.03. The van der Waals surface area contributed by atoms with Gasteiger partial charge in [-0.05, 0) is 23.6 Å². The maximum absolute atomic E-state index is 4.45. The van der Waals surface area contributed by atoms with Crippen LogP contribution >= 0.6 is 11.8 Å². The molecule has 0 saturated heterocycles. The Kier molecular flexibility index (Phi) is 5.58. The number of thioether (sulfide) groups is 1. The summed E-state index contributed by atoms with van der Waals surface area (Å²) in [6, 6.07) is 20.5. The zero-order chi connectivity index (χ0) is 16.6. The Bertz CT molecular complexity index is 823. The standard InChI is InChI=1S/C19H18N4S/c1-16(12-17-8-4-2-5-9-17)13-21-23-15-20-22-19(23)24-14-18-10-6-3-7-11-18/h2-13,15H,14H2,1H3/b16-12-,21-13-. The summed E-state index contributed by atoms with van der Waals surface area (Å²) >= 11 is 1.62. The van der Waals surface area contributed by atoms with E-state index in [0.29, 0.717) is 0 Å². The molecule has 1 heterocycles. The van der Waals surface area contributed by atoms with Crippen molar-refractivity contribution < 1.29 is 0 Å². The Labute approximate surface area is 145 Å². The van der Waals surface area contributed by atoms with E-state index in [1.54, 1.807) is 22.8 Å². The van der Waals surface area contributed by atoms with Crippen LogP contribution in [0.15, 0.2) is 82.8 Å². The molecule has 3 aromatic rings. The fourth-order valence-corrected chi connectivity index (χ4v) is 2.94. The molecule has 0 aliphatic carbocycles. The minimum atomic E-state index is 0.780. The highest BCUT2D eigenvalue weighted by molar-refractivity contribution is 7.98. The van der Waals surface area contributed by atoms with Crippen LogP contribution in [0.25, 0.3) is 6.08 Å². The monoisotopic (exact) mass is 334 g/mol. The molecule has 0 saturated carbocycles. The predicted molar refractivity (Wildman–Crippen MR) is 100 cm³/mol. The van der Waals surface area contributed by atoms with Gasteiger partial charge in [-0.15, -0.1) is 10.2 Å². The van der Waals surface area contributed by atoms with Crippen molar-refractivity contribution in [2.24, 2.45) is 5.10 Å². The molecule has 5 heteroatoms. The minimum Gasteiger partial charge on any atom is -0.195 e. The summed E-state index contributed by atoms with van der Waals surface area (Å²) in [5, 5.41) is 13.3.